The van der Waals surface area contributed by atoms with Crippen LogP contribution in [0.1, 0.15) is 16.2 Å². The smallest absolute Gasteiger partial charge is 0.341 e. The van der Waals surface area contributed by atoms with Crippen molar-refractivity contribution in [3.05, 3.63) is 70.1 Å². The highest BCUT2D eigenvalue weighted by molar-refractivity contribution is 7.91. The van der Waals surface area contributed by atoms with Gasteiger partial charge in [-0.1, -0.05) is 5.16 Å². The first-order valence-electron chi connectivity index (χ1n) is 8.05. The van der Waals surface area contributed by atoms with Gasteiger partial charge >= 0.3 is 11.7 Å². The Morgan fingerprint density at radius 1 is 1.13 bits per heavy atom. The number of alkyl halides is 2. The summed E-state index contributed by atoms with van der Waals surface area (Å²) in [6.45, 7) is -0.407. The molecule has 0 saturated heterocycles. The predicted molar refractivity (Wildman–Crippen MR) is 95.1 cm³/mol. The largest absolute Gasteiger partial charge is 0.452 e. The molecule has 0 amide bonds. The van der Waals surface area contributed by atoms with Gasteiger partial charge in [0.1, 0.15) is 0 Å². The number of ether oxygens (including phenoxy) is 1. The molecular formula is C17H11F2N3O7S. The molecule has 30 heavy (non-hydrogen) atoms. The zero-order valence-electron chi connectivity index (χ0n) is 14.8. The molecule has 13 heteroatoms. The lowest BCUT2D eigenvalue weighted by Gasteiger charge is -2.05. The van der Waals surface area contributed by atoms with E-state index in [1.807, 2.05) is 0 Å². The Morgan fingerprint density at radius 2 is 1.77 bits per heavy atom. The van der Waals surface area contributed by atoms with E-state index in [1.54, 1.807) is 0 Å². The summed E-state index contributed by atoms with van der Waals surface area (Å²) in [5, 5.41) is 14.3. The van der Waals surface area contributed by atoms with Gasteiger partial charge in [-0.05, 0) is 36.4 Å². The molecule has 0 unspecified atom stereocenters. The van der Waals surface area contributed by atoms with Gasteiger partial charge in [-0.15, -0.1) is 0 Å². The monoisotopic (exact) mass is 439 g/mol. The molecule has 1 aromatic heterocycles. The summed E-state index contributed by atoms with van der Waals surface area (Å²) >= 11 is 0. The average Bonchev–Trinajstić information content (AvgIpc) is 3.21. The van der Waals surface area contributed by atoms with Crippen molar-refractivity contribution in [1.29, 1.82) is 0 Å². The van der Waals surface area contributed by atoms with E-state index < -0.39 is 38.0 Å². The summed E-state index contributed by atoms with van der Waals surface area (Å²) < 4.78 is 57.7. The number of benzene rings is 2. The van der Waals surface area contributed by atoms with E-state index >= 15 is 0 Å². The molecule has 10 nitrogen and oxygen atoms in total. The Kier molecular flexibility index (Phi) is 5.82. The fourth-order valence-electron chi connectivity index (χ4n) is 2.26. The van der Waals surface area contributed by atoms with E-state index in [4.69, 9.17) is 9.26 Å². The lowest BCUT2D eigenvalue weighted by Crippen LogP contribution is -2.12. The molecule has 0 saturated carbocycles. The molecule has 0 aliphatic rings. The van der Waals surface area contributed by atoms with Crippen molar-refractivity contribution in [3.8, 4) is 11.4 Å². The third-order valence-electron chi connectivity index (χ3n) is 3.78. The molecule has 0 bridgehead atoms. The highest BCUT2D eigenvalue weighted by atomic mass is 32.2. The van der Waals surface area contributed by atoms with Crippen LogP contribution in [0.5, 0.6) is 0 Å². The summed E-state index contributed by atoms with van der Waals surface area (Å²) in [4.78, 5) is 25.5. The summed E-state index contributed by atoms with van der Waals surface area (Å²) in [6, 6.07) is 9.20. The number of nitro groups is 1. The quantitative estimate of drug-likeness (QED) is 0.308. The zero-order valence-corrected chi connectivity index (χ0v) is 15.6. The molecule has 156 valence electrons. The predicted octanol–water partition coefficient (Wildman–Crippen LogP) is 3.00. The Labute approximate surface area is 167 Å². The van der Waals surface area contributed by atoms with Crippen molar-refractivity contribution in [2.45, 2.75) is 17.3 Å². The lowest BCUT2D eigenvalue weighted by atomic mass is 10.2. The van der Waals surface area contributed by atoms with E-state index in [0.29, 0.717) is 5.56 Å². The number of carbonyl (C=O) groups excluding carboxylic acids is 1. The van der Waals surface area contributed by atoms with Gasteiger partial charge in [0.2, 0.25) is 15.7 Å². The molecule has 0 fully saturated rings. The third-order valence-corrected chi connectivity index (χ3v) is 5.18. The van der Waals surface area contributed by atoms with Crippen LogP contribution >= 0.6 is 0 Å². The minimum Gasteiger partial charge on any atom is -0.452 e. The molecule has 3 rings (SSSR count). The van der Waals surface area contributed by atoms with Gasteiger partial charge in [0.05, 0.1) is 15.4 Å². The molecule has 0 spiro atoms. The fraction of sp³-hybridized carbons (Fsp3) is 0.118. The number of hydrogen-bond donors (Lipinski definition) is 0. The van der Waals surface area contributed by atoms with Gasteiger partial charge in [0.15, 0.2) is 6.61 Å². The SMILES string of the molecule is O=C(OCc1nc(-c2ccc([N+](=O)[O-])cc2)no1)c1ccc(S(=O)(=O)C(F)F)cc1. The lowest BCUT2D eigenvalue weighted by molar-refractivity contribution is -0.384. The van der Waals surface area contributed by atoms with Crippen LogP contribution in [-0.2, 0) is 21.2 Å². The maximum Gasteiger partial charge on any atom is 0.341 e. The van der Waals surface area contributed by atoms with Gasteiger partial charge in [-0.3, -0.25) is 10.1 Å². The Balaban J connectivity index is 1.63. The normalized spacial score (nSPS) is 11.4. The van der Waals surface area contributed by atoms with Gasteiger partial charge in [0, 0.05) is 17.7 Å². The number of nitro benzene ring substituents is 1. The summed E-state index contributed by atoms with van der Waals surface area (Å²) in [5.74, 6) is -4.38. The van der Waals surface area contributed by atoms with E-state index in [2.05, 4.69) is 10.1 Å². The van der Waals surface area contributed by atoms with Crippen molar-refractivity contribution in [3.63, 3.8) is 0 Å². The van der Waals surface area contributed by atoms with E-state index in [0.717, 1.165) is 24.3 Å². The first-order chi connectivity index (χ1) is 14.2. The number of esters is 1. The number of sulfone groups is 1. The Morgan fingerprint density at radius 3 is 2.33 bits per heavy atom. The highest BCUT2D eigenvalue weighted by Crippen LogP contribution is 2.21. The second kappa shape index (κ2) is 8.32. The van der Waals surface area contributed by atoms with Crippen molar-refractivity contribution in [1.82, 2.24) is 10.1 Å². The van der Waals surface area contributed by atoms with E-state index in [1.165, 1.54) is 24.3 Å². The Bertz CT molecular complexity index is 1180. The minimum atomic E-state index is -4.76. The van der Waals surface area contributed by atoms with Crippen molar-refractivity contribution in [2.24, 2.45) is 0 Å². The van der Waals surface area contributed by atoms with Crippen LogP contribution in [0.15, 0.2) is 57.9 Å². The Hall–Kier alpha value is -3.74. The van der Waals surface area contributed by atoms with Crippen LogP contribution in [0, 0.1) is 10.1 Å². The second-order valence-corrected chi connectivity index (χ2v) is 7.64. The number of hydrogen-bond acceptors (Lipinski definition) is 9. The van der Waals surface area contributed by atoms with Gasteiger partial charge in [0.25, 0.3) is 11.6 Å². The maximum absolute atomic E-state index is 12.5. The van der Waals surface area contributed by atoms with Gasteiger partial charge in [-0.25, -0.2) is 13.2 Å². The van der Waals surface area contributed by atoms with Gasteiger partial charge < -0.3 is 9.26 Å². The molecular weight excluding hydrogens is 428 g/mol. The molecule has 0 aliphatic heterocycles. The molecule has 3 aromatic rings. The number of aromatic nitrogens is 2. The maximum atomic E-state index is 12.5. The first-order valence-corrected chi connectivity index (χ1v) is 9.60. The number of rotatable bonds is 7. The highest BCUT2D eigenvalue weighted by Gasteiger charge is 2.26. The topological polar surface area (TPSA) is 142 Å². The van der Waals surface area contributed by atoms with Crippen molar-refractivity contribution >= 4 is 21.5 Å². The molecule has 2 aromatic carbocycles. The van der Waals surface area contributed by atoms with Crippen LogP contribution in [0.25, 0.3) is 11.4 Å². The molecule has 0 N–H and O–H groups in total. The zero-order chi connectivity index (χ0) is 21.9. The van der Waals surface area contributed by atoms with Crippen molar-refractivity contribution in [2.75, 3.05) is 0 Å². The summed E-state index contributed by atoms with van der Waals surface area (Å²) in [6.07, 6.45) is 0. The summed E-state index contributed by atoms with van der Waals surface area (Å²) in [7, 11) is -4.76. The first kappa shape index (κ1) is 21.0. The van der Waals surface area contributed by atoms with E-state index in [-0.39, 0.29) is 23.0 Å². The van der Waals surface area contributed by atoms with Crippen LogP contribution in [0.2, 0.25) is 0 Å². The standard InChI is InChI=1S/C17H11F2N3O7S/c18-17(19)30(26,27)13-7-3-11(4-8-13)16(23)28-9-14-20-15(21-29-14)10-1-5-12(6-2-10)22(24)25/h1-8,17H,9H2. The molecule has 0 atom stereocenters. The fourth-order valence-corrected chi connectivity index (χ4v) is 2.98. The second-order valence-electron chi connectivity index (χ2n) is 5.72. The molecule has 1 heterocycles. The third kappa shape index (κ3) is 4.46. The number of halogens is 2. The van der Waals surface area contributed by atoms with E-state index in [9.17, 15) is 32.1 Å². The molecule has 0 aliphatic carbocycles. The minimum absolute atomic E-state index is 0.0615. The van der Waals surface area contributed by atoms with Gasteiger partial charge in [-0.2, -0.15) is 13.8 Å². The van der Waals surface area contributed by atoms with Crippen LogP contribution < -0.4 is 0 Å². The van der Waals surface area contributed by atoms with Crippen LogP contribution in [-0.4, -0.2) is 35.2 Å². The number of carbonyl (C=O) groups is 1. The average molecular weight is 439 g/mol. The number of non-ortho nitro benzene ring substituents is 1. The summed E-state index contributed by atoms with van der Waals surface area (Å²) in [5.41, 5.74) is 0.264. The van der Waals surface area contributed by atoms with Crippen molar-refractivity contribution < 1.29 is 36.2 Å². The number of nitrogens with zero attached hydrogens (tertiary/aromatic N) is 3. The van der Waals surface area contributed by atoms with Crippen LogP contribution in [0.3, 0.4) is 0 Å². The van der Waals surface area contributed by atoms with Crippen LogP contribution in [0.4, 0.5) is 14.5 Å². The molecule has 0 radical (unpaired) electrons.